The number of carbonyl (C=O) groups excluding carboxylic acids is 1. The molecule has 3 rings (SSSR count). The van der Waals surface area contributed by atoms with Gasteiger partial charge in [0.1, 0.15) is 5.84 Å². The van der Waals surface area contributed by atoms with Crippen LogP contribution in [0.15, 0.2) is 52.6 Å². The SMILES string of the molecule is CN(C)Cc1ccccc1CNC(=O)C1=CN2CCS(=O)(=O)N=C2C=C1. The molecule has 2 aliphatic heterocycles. The van der Waals surface area contributed by atoms with Crippen LogP contribution in [0, 0.1) is 0 Å². The van der Waals surface area contributed by atoms with Crippen LogP contribution in [0.3, 0.4) is 0 Å². The molecular weight excluding hydrogens is 352 g/mol. The Balaban J connectivity index is 1.67. The summed E-state index contributed by atoms with van der Waals surface area (Å²) in [6.45, 7) is 1.54. The average Bonchev–Trinajstić information content (AvgIpc) is 2.59. The number of fused-ring (bicyclic) bond motifs is 1. The molecule has 2 aliphatic rings. The van der Waals surface area contributed by atoms with Gasteiger partial charge in [0, 0.05) is 25.8 Å². The largest absolute Gasteiger partial charge is 0.348 e. The minimum Gasteiger partial charge on any atom is -0.348 e. The van der Waals surface area contributed by atoms with Gasteiger partial charge in [-0.2, -0.15) is 0 Å². The molecule has 0 saturated carbocycles. The van der Waals surface area contributed by atoms with Gasteiger partial charge in [0.2, 0.25) is 0 Å². The van der Waals surface area contributed by atoms with Gasteiger partial charge in [-0.15, -0.1) is 4.40 Å². The van der Waals surface area contributed by atoms with Crippen molar-refractivity contribution in [3.05, 3.63) is 59.3 Å². The van der Waals surface area contributed by atoms with Crippen LogP contribution in [-0.2, 0) is 27.9 Å². The summed E-state index contributed by atoms with van der Waals surface area (Å²) in [5.41, 5.74) is 2.72. The van der Waals surface area contributed by atoms with Crippen LogP contribution in [0.2, 0.25) is 0 Å². The second-order valence-corrected chi connectivity index (χ2v) is 8.29. The van der Waals surface area contributed by atoms with Gasteiger partial charge < -0.3 is 15.1 Å². The Morgan fingerprint density at radius 2 is 1.96 bits per heavy atom. The van der Waals surface area contributed by atoms with Crippen LogP contribution in [0.4, 0.5) is 0 Å². The summed E-state index contributed by atoms with van der Waals surface area (Å²) in [4.78, 5) is 16.3. The lowest BCUT2D eigenvalue weighted by Gasteiger charge is -2.27. The molecule has 8 heteroatoms. The standard InChI is InChI=1S/C18H22N4O3S/c1-21(2)12-15-6-4-3-5-14(15)11-19-18(23)16-7-8-17-20-26(24,25)10-9-22(17)13-16/h3-8,13H,9-12H2,1-2H3,(H,19,23). The highest BCUT2D eigenvalue weighted by molar-refractivity contribution is 7.90. The molecule has 0 aliphatic carbocycles. The Kier molecular flexibility index (Phi) is 5.24. The van der Waals surface area contributed by atoms with Gasteiger partial charge in [-0.1, -0.05) is 24.3 Å². The van der Waals surface area contributed by atoms with Crippen LogP contribution < -0.4 is 5.32 Å². The Hall–Kier alpha value is -2.45. The molecule has 0 spiro atoms. The first-order chi connectivity index (χ1) is 12.3. The lowest BCUT2D eigenvalue weighted by atomic mass is 10.1. The number of sulfonamides is 1. The van der Waals surface area contributed by atoms with Gasteiger partial charge in [0.05, 0.1) is 11.3 Å². The number of hydrogen-bond acceptors (Lipinski definition) is 5. The Morgan fingerprint density at radius 3 is 2.69 bits per heavy atom. The molecule has 0 saturated heterocycles. The van der Waals surface area contributed by atoms with Crippen LogP contribution in [-0.4, -0.2) is 56.4 Å². The van der Waals surface area contributed by atoms with Gasteiger partial charge in [-0.05, 0) is 37.4 Å². The molecule has 1 aromatic rings. The van der Waals surface area contributed by atoms with Gasteiger partial charge in [0.15, 0.2) is 0 Å². The van der Waals surface area contributed by atoms with Gasteiger partial charge in [0.25, 0.3) is 15.9 Å². The zero-order valence-corrected chi connectivity index (χ0v) is 15.7. The molecule has 26 heavy (non-hydrogen) atoms. The summed E-state index contributed by atoms with van der Waals surface area (Å²) in [5, 5.41) is 2.93. The van der Waals surface area contributed by atoms with E-state index in [0.717, 1.165) is 12.1 Å². The molecule has 138 valence electrons. The van der Waals surface area contributed by atoms with Crippen LogP contribution in [0.25, 0.3) is 0 Å². The molecule has 0 unspecified atom stereocenters. The van der Waals surface area contributed by atoms with E-state index < -0.39 is 10.0 Å². The van der Waals surface area contributed by atoms with Crippen molar-refractivity contribution < 1.29 is 13.2 Å². The first kappa shape index (κ1) is 18.3. The molecule has 0 fully saturated rings. The molecule has 1 aromatic carbocycles. The third kappa shape index (κ3) is 4.39. The van der Waals surface area contributed by atoms with Crippen LogP contribution >= 0.6 is 0 Å². The quantitative estimate of drug-likeness (QED) is 0.827. The lowest BCUT2D eigenvalue weighted by molar-refractivity contribution is -0.117. The Bertz CT molecular complexity index is 901. The monoisotopic (exact) mass is 374 g/mol. The zero-order chi connectivity index (χ0) is 18.7. The molecule has 1 amide bonds. The van der Waals surface area contributed by atoms with Crippen molar-refractivity contribution >= 4 is 21.8 Å². The smallest absolute Gasteiger partial charge is 0.256 e. The number of carbonyl (C=O) groups is 1. The highest BCUT2D eigenvalue weighted by Gasteiger charge is 2.24. The Labute approximate surface area is 153 Å². The maximum absolute atomic E-state index is 12.5. The molecule has 7 nitrogen and oxygen atoms in total. The van der Waals surface area contributed by atoms with E-state index in [1.54, 1.807) is 23.3 Å². The van der Waals surface area contributed by atoms with E-state index in [-0.39, 0.29) is 11.7 Å². The predicted molar refractivity (Wildman–Crippen MR) is 101 cm³/mol. The maximum Gasteiger partial charge on any atom is 0.256 e. The maximum atomic E-state index is 12.5. The number of amides is 1. The molecule has 1 N–H and O–H groups in total. The second-order valence-electron chi connectivity index (χ2n) is 6.54. The highest BCUT2D eigenvalue weighted by atomic mass is 32.2. The van der Waals surface area contributed by atoms with Crippen molar-refractivity contribution in [2.45, 2.75) is 13.1 Å². The van der Waals surface area contributed by atoms with E-state index in [1.807, 2.05) is 32.3 Å². The fraction of sp³-hybridized carbons (Fsp3) is 0.333. The summed E-state index contributed by atoms with van der Waals surface area (Å²) in [6, 6.07) is 8.00. The van der Waals surface area contributed by atoms with Gasteiger partial charge in [-0.25, -0.2) is 8.42 Å². The van der Waals surface area contributed by atoms with E-state index in [2.05, 4.69) is 20.7 Å². The van der Waals surface area contributed by atoms with E-state index in [4.69, 9.17) is 0 Å². The number of nitrogens with one attached hydrogen (secondary N) is 1. The van der Waals surface area contributed by atoms with Crippen LogP contribution in [0.1, 0.15) is 11.1 Å². The number of nitrogens with zero attached hydrogens (tertiary/aromatic N) is 3. The first-order valence-corrected chi connectivity index (χ1v) is 9.94. The number of hydrogen-bond donors (Lipinski definition) is 1. The van der Waals surface area contributed by atoms with Crippen molar-refractivity contribution in [2.75, 3.05) is 26.4 Å². The minimum atomic E-state index is -3.39. The van der Waals surface area contributed by atoms with E-state index in [1.165, 1.54) is 5.56 Å². The molecule has 2 heterocycles. The molecular formula is C18H22N4O3S. The third-order valence-electron chi connectivity index (χ3n) is 4.13. The topological polar surface area (TPSA) is 82.1 Å². The van der Waals surface area contributed by atoms with Crippen LogP contribution in [0.5, 0.6) is 0 Å². The highest BCUT2D eigenvalue weighted by Crippen LogP contribution is 2.16. The third-order valence-corrected chi connectivity index (χ3v) is 5.29. The predicted octanol–water partition coefficient (Wildman–Crippen LogP) is 0.862. The molecule has 0 bridgehead atoms. The van der Waals surface area contributed by atoms with Crippen molar-refractivity contribution in [3.63, 3.8) is 0 Å². The fourth-order valence-corrected chi connectivity index (χ4v) is 3.81. The van der Waals surface area contributed by atoms with Gasteiger partial charge in [-0.3, -0.25) is 4.79 Å². The average molecular weight is 374 g/mol. The van der Waals surface area contributed by atoms with Crippen molar-refractivity contribution in [2.24, 2.45) is 4.40 Å². The normalized spacial score (nSPS) is 18.2. The number of amidine groups is 1. The van der Waals surface area contributed by atoms with E-state index >= 15 is 0 Å². The molecule has 0 radical (unpaired) electrons. The number of rotatable bonds is 5. The first-order valence-electron chi connectivity index (χ1n) is 8.33. The van der Waals surface area contributed by atoms with Crippen molar-refractivity contribution in [1.29, 1.82) is 0 Å². The summed E-state index contributed by atoms with van der Waals surface area (Å²) in [5.74, 6) is 0.103. The summed E-state index contributed by atoms with van der Waals surface area (Å²) in [7, 11) is 0.619. The minimum absolute atomic E-state index is 0.0480. The molecule has 0 atom stereocenters. The van der Waals surface area contributed by atoms with E-state index in [0.29, 0.717) is 24.5 Å². The zero-order valence-electron chi connectivity index (χ0n) is 14.8. The summed E-state index contributed by atoms with van der Waals surface area (Å²) in [6.07, 6.45) is 4.80. The van der Waals surface area contributed by atoms with Crippen molar-refractivity contribution in [3.8, 4) is 0 Å². The number of benzene rings is 1. The lowest BCUT2D eigenvalue weighted by Crippen LogP contribution is -2.38. The second kappa shape index (κ2) is 7.43. The Morgan fingerprint density at radius 1 is 1.23 bits per heavy atom. The van der Waals surface area contributed by atoms with E-state index in [9.17, 15) is 13.2 Å². The summed E-state index contributed by atoms with van der Waals surface area (Å²) < 4.78 is 26.8. The molecule has 0 aromatic heterocycles. The summed E-state index contributed by atoms with van der Waals surface area (Å²) >= 11 is 0. The van der Waals surface area contributed by atoms with Gasteiger partial charge >= 0.3 is 0 Å². The van der Waals surface area contributed by atoms with Crippen molar-refractivity contribution in [1.82, 2.24) is 15.1 Å². The fourth-order valence-electron chi connectivity index (χ4n) is 2.84.